The molecule has 5 heteroatoms. The summed E-state index contributed by atoms with van der Waals surface area (Å²) in [5, 5.41) is 3.90. The van der Waals surface area contributed by atoms with Crippen molar-refractivity contribution in [3.63, 3.8) is 0 Å². The molecular weight excluding hydrogens is 360 g/mol. The molecule has 1 saturated heterocycles. The van der Waals surface area contributed by atoms with Crippen LogP contribution in [0.2, 0.25) is 0 Å². The molecule has 5 nitrogen and oxygen atoms in total. The van der Waals surface area contributed by atoms with Gasteiger partial charge in [0.2, 0.25) is 5.91 Å². The lowest BCUT2D eigenvalue weighted by Gasteiger charge is -2.37. The molecule has 29 heavy (non-hydrogen) atoms. The lowest BCUT2D eigenvalue weighted by molar-refractivity contribution is -0.120. The summed E-state index contributed by atoms with van der Waals surface area (Å²) in [5.74, 6) is 0.101. The van der Waals surface area contributed by atoms with Crippen molar-refractivity contribution in [2.45, 2.75) is 19.3 Å². The van der Waals surface area contributed by atoms with Crippen LogP contribution >= 0.6 is 0 Å². The van der Waals surface area contributed by atoms with E-state index in [4.69, 9.17) is 0 Å². The smallest absolute Gasteiger partial charge is 0.219 e. The van der Waals surface area contributed by atoms with E-state index in [9.17, 15) is 4.79 Å². The van der Waals surface area contributed by atoms with Crippen LogP contribution in [0, 0.1) is 0 Å². The number of piperazine rings is 1. The maximum Gasteiger partial charge on any atom is 0.219 e. The molecule has 1 aromatic heterocycles. The second-order valence-corrected chi connectivity index (χ2v) is 7.52. The molecule has 1 aliphatic rings. The van der Waals surface area contributed by atoms with Crippen molar-refractivity contribution < 1.29 is 4.79 Å². The quantitative estimate of drug-likeness (QED) is 0.701. The van der Waals surface area contributed by atoms with Crippen molar-refractivity contribution >= 4 is 28.2 Å². The highest BCUT2D eigenvalue weighted by molar-refractivity contribution is 5.92. The maximum atomic E-state index is 11.5. The van der Waals surface area contributed by atoms with Crippen LogP contribution in [0.15, 0.2) is 60.8 Å². The molecule has 0 radical (unpaired) electrons. The molecule has 4 rings (SSSR count). The minimum atomic E-state index is 0.101. The van der Waals surface area contributed by atoms with Crippen LogP contribution in [0.4, 0.5) is 11.4 Å². The fourth-order valence-corrected chi connectivity index (χ4v) is 4.03. The van der Waals surface area contributed by atoms with Crippen molar-refractivity contribution in [1.82, 2.24) is 10.3 Å². The van der Waals surface area contributed by atoms with E-state index >= 15 is 0 Å². The summed E-state index contributed by atoms with van der Waals surface area (Å²) < 4.78 is 0. The average Bonchev–Trinajstić information content (AvgIpc) is 2.79. The summed E-state index contributed by atoms with van der Waals surface area (Å²) in [6.07, 6.45) is 4.23. The highest BCUT2D eigenvalue weighted by Crippen LogP contribution is 2.28. The van der Waals surface area contributed by atoms with E-state index < -0.39 is 0 Å². The van der Waals surface area contributed by atoms with Gasteiger partial charge >= 0.3 is 0 Å². The summed E-state index contributed by atoms with van der Waals surface area (Å²) in [4.78, 5) is 21.0. The number of hydrogen-bond donors (Lipinski definition) is 1. The monoisotopic (exact) mass is 388 g/mol. The molecule has 3 aromatic rings. The third-order valence-electron chi connectivity index (χ3n) is 5.67. The van der Waals surface area contributed by atoms with Crippen molar-refractivity contribution in [3.8, 4) is 0 Å². The number of pyridine rings is 1. The zero-order chi connectivity index (χ0) is 20.1. The van der Waals surface area contributed by atoms with Gasteiger partial charge in [0.05, 0.1) is 5.52 Å². The Morgan fingerprint density at radius 1 is 1.00 bits per heavy atom. The van der Waals surface area contributed by atoms with Crippen LogP contribution in [-0.2, 0) is 11.2 Å². The topological polar surface area (TPSA) is 48.5 Å². The summed E-state index contributed by atoms with van der Waals surface area (Å²) >= 11 is 0. The predicted octanol–water partition coefficient (Wildman–Crippen LogP) is 3.63. The van der Waals surface area contributed by atoms with Crippen LogP contribution in [-0.4, -0.2) is 44.1 Å². The Kier molecular flexibility index (Phi) is 5.94. The molecule has 0 aliphatic carbocycles. The fraction of sp³-hybridized carbons (Fsp3) is 0.333. The average molecular weight is 389 g/mol. The Hall–Kier alpha value is -3.08. The van der Waals surface area contributed by atoms with Gasteiger partial charge in [-0.25, -0.2) is 0 Å². The van der Waals surface area contributed by atoms with Gasteiger partial charge in [0.15, 0.2) is 0 Å². The van der Waals surface area contributed by atoms with Crippen LogP contribution in [0.25, 0.3) is 10.9 Å². The number of benzene rings is 2. The maximum absolute atomic E-state index is 11.5. The van der Waals surface area contributed by atoms with Gasteiger partial charge in [-0.05, 0) is 48.7 Å². The molecule has 1 aliphatic heterocycles. The van der Waals surface area contributed by atoms with E-state index in [1.54, 1.807) is 7.05 Å². The predicted molar refractivity (Wildman–Crippen MR) is 120 cm³/mol. The summed E-state index contributed by atoms with van der Waals surface area (Å²) in [6.45, 7) is 4.02. The number of hydrogen-bond acceptors (Lipinski definition) is 4. The van der Waals surface area contributed by atoms with E-state index in [-0.39, 0.29) is 5.91 Å². The van der Waals surface area contributed by atoms with E-state index in [1.165, 1.54) is 22.3 Å². The standard InChI is InChI=1S/C24H28N4O/c1-25-24(29)9-5-6-19-10-11-22-21(18-19)23(12-13-26-22)28-16-14-27(15-17-28)20-7-3-2-4-8-20/h2-4,7-8,10-13,18H,5-6,9,14-17H2,1H3,(H,25,29). The normalized spacial score (nSPS) is 14.2. The van der Waals surface area contributed by atoms with E-state index in [0.717, 1.165) is 44.5 Å². The van der Waals surface area contributed by atoms with Crippen molar-refractivity contribution in [2.24, 2.45) is 0 Å². The zero-order valence-electron chi connectivity index (χ0n) is 17.0. The van der Waals surface area contributed by atoms with Gasteiger partial charge in [-0.1, -0.05) is 24.3 Å². The number of fused-ring (bicyclic) bond motifs is 1. The summed E-state index contributed by atoms with van der Waals surface area (Å²) in [6, 6.07) is 19.3. The van der Waals surface area contributed by atoms with Gasteiger partial charge < -0.3 is 15.1 Å². The lowest BCUT2D eigenvalue weighted by atomic mass is 10.0. The third kappa shape index (κ3) is 4.50. The molecule has 0 spiro atoms. The van der Waals surface area contributed by atoms with Crippen LogP contribution in [0.3, 0.4) is 0 Å². The third-order valence-corrected chi connectivity index (χ3v) is 5.67. The number of aromatic nitrogens is 1. The molecule has 1 N–H and O–H groups in total. The van der Waals surface area contributed by atoms with E-state index in [0.29, 0.717) is 6.42 Å². The minimum Gasteiger partial charge on any atom is -0.368 e. The number of anilines is 2. The molecule has 1 amide bonds. The van der Waals surface area contributed by atoms with Gasteiger partial charge in [0.1, 0.15) is 0 Å². The largest absolute Gasteiger partial charge is 0.368 e. The highest BCUT2D eigenvalue weighted by atomic mass is 16.1. The van der Waals surface area contributed by atoms with E-state index in [2.05, 4.69) is 74.7 Å². The molecule has 2 aromatic carbocycles. The van der Waals surface area contributed by atoms with Gasteiger partial charge in [0.25, 0.3) is 0 Å². The highest BCUT2D eigenvalue weighted by Gasteiger charge is 2.19. The summed E-state index contributed by atoms with van der Waals surface area (Å²) in [5.41, 5.74) is 4.85. The molecule has 150 valence electrons. The minimum absolute atomic E-state index is 0.101. The second kappa shape index (κ2) is 8.95. The van der Waals surface area contributed by atoms with Crippen molar-refractivity contribution in [1.29, 1.82) is 0 Å². The van der Waals surface area contributed by atoms with Gasteiger partial charge in [-0.15, -0.1) is 0 Å². The number of nitrogens with one attached hydrogen (secondary N) is 1. The number of amides is 1. The number of rotatable bonds is 6. The lowest BCUT2D eigenvalue weighted by Crippen LogP contribution is -2.46. The number of para-hydroxylation sites is 1. The first kappa shape index (κ1) is 19.2. The second-order valence-electron chi connectivity index (χ2n) is 7.52. The Bertz CT molecular complexity index is 965. The Morgan fingerprint density at radius 3 is 2.52 bits per heavy atom. The molecule has 2 heterocycles. The number of nitrogens with zero attached hydrogens (tertiary/aromatic N) is 3. The van der Waals surface area contributed by atoms with Gasteiger partial charge in [-0.2, -0.15) is 0 Å². The zero-order valence-corrected chi connectivity index (χ0v) is 17.0. The first-order valence-corrected chi connectivity index (χ1v) is 10.4. The molecule has 1 fully saturated rings. The van der Waals surface area contributed by atoms with Crippen molar-refractivity contribution in [3.05, 3.63) is 66.4 Å². The fourth-order valence-electron chi connectivity index (χ4n) is 4.03. The first-order valence-electron chi connectivity index (χ1n) is 10.4. The summed E-state index contributed by atoms with van der Waals surface area (Å²) in [7, 11) is 1.69. The molecule has 0 saturated carbocycles. The Morgan fingerprint density at radius 2 is 1.76 bits per heavy atom. The molecule has 0 atom stereocenters. The Balaban J connectivity index is 1.48. The van der Waals surface area contributed by atoms with E-state index in [1.807, 2.05) is 6.20 Å². The molecule has 0 unspecified atom stereocenters. The number of carbonyl (C=O) groups is 1. The first-order chi connectivity index (χ1) is 14.2. The number of aryl methyl sites for hydroxylation is 1. The molecular formula is C24H28N4O. The van der Waals surface area contributed by atoms with Crippen LogP contribution in [0.5, 0.6) is 0 Å². The number of carbonyl (C=O) groups excluding carboxylic acids is 1. The van der Waals surface area contributed by atoms with Crippen LogP contribution < -0.4 is 15.1 Å². The Labute approximate surface area is 172 Å². The van der Waals surface area contributed by atoms with Gasteiger partial charge in [-0.3, -0.25) is 9.78 Å². The molecule has 0 bridgehead atoms. The van der Waals surface area contributed by atoms with Crippen LogP contribution in [0.1, 0.15) is 18.4 Å². The SMILES string of the molecule is CNC(=O)CCCc1ccc2nccc(N3CCN(c4ccccc4)CC3)c2c1. The van der Waals surface area contributed by atoms with Crippen molar-refractivity contribution in [2.75, 3.05) is 43.0 Å². The van der Waals surface area contributed by atoms with Gasteiger partial charge in [0, 0.05) is 62.6 Å².